The highest BCUT2D eigenvalue weighted by molar-refractivity contribution is 6.01. The van der Waals surface area contributed by atoms with Crippen LogP contribution in [-0.4, -0.2) is 33.4 Å². The number of pyridine rings is 1. The number of rotatable bonds is 3. The van der Waals surface area contributed by atoms with Gasteiger partial charge in [0.1, 0.15) is 0 Å². The van der Waals surface area contributed by atoms with Gasteiger partial charge in [0.15, 0.2) is 5.92 Å². The molecule has 15 heavy (non-hydrogen) atoms. The summed E-state index contributed by atoms with van der Waals surface area (Å²) in [6, 6.07) is 3.64. The third-order valence-corrected chi connectivity index (χ3v) is 2.41. The van der Waals surface area contributed by atoms with E-state index in [0.717, 1.165) is 5.56 Å². The molecule has 2 rings (SSSR count). The Balaban J connectivity index is 1.95. The number of likely N-dealkylation sites (tertiary alicyclic amines) is 1. The molecule has 1 N–H and O–H groups in total. The van der Waals surface area contributed by atoms with Crippen LogP contribution in [0.2, 0.25) is 0 Å². The van der Waals surface area contributed by atoms with Crippen LogP contribution in [0, 0.1) is 5.92 Å². The maximum absolute atomic E-state index is 11.3. The summed E-state index contributed by atoms with van der Waals surface area (Å²) in [5.74, 6) is -2.20. The Bertz CT molecular complexity index is 391. The molecule has 1 atom stereocenters. The fourth-order valence-electron chi connectivity index (χ4n) is 1.53. The van der Waals surface area contributed by atoms with Crippen molar-refractivity contribution in [1.29, 1.82) is 0 Å². The molecule has 0 aliphatic carbocycles. The maximum atomic E-state index is 11.3. The van der Waals surface area contributed by atoms with Crippen molar-refractivity contribution >= 4 is 11.9 Å². The van der Waals surface area contributed by atoms with E-state index in [1.54, 1.807) is 18.5 Å². The van der Waals surface area contributed by atoms with Crippen LogP contribution < -0.4 is 0 Å². The predicted octanol–water partition coefficient (Wildman–Crippen LogP) is 0.125. The van der Waals surface area contributed by atoms with Crippen LogP contribution in [-0.2, 0) is 16.1 Å². The predicted molar refractivity (Wildman–Crippen MR) is 50.8 cm³/mol. The van der Waals surface area contributed by atoms with Crippen LogP contribution in [0.3, 0.4) is 0 Å². The van der Waals surface area contributed by atoms with E-state index in [0.29, 0.717) is 13.1 Å². The molecule has 1 amide bonds. The van der Waals surface area contributed by atoms with Crippen LogP contribution in [0.15, 0.2) is 24.5 Å². The minimum Gasteiger partial charge on any atom is -0.481 e. The lowest BCUT2D eigenvalue weighted by Gasteiger charge is -2.35. The van der Waals surface area contributed by atoms with Gasteiger partial charge < -0.3 is 10.0 Å². The van der Waals surface area contributed by atoms with E-state index in [2.05, 4.69) is 4.98 Å². The van der Waals surface area contributed by atoms with Gasteiger partial charge in [-0.25, -0.2) is 0 Å². The van der Waals surface area contributed by atoms with Gasteiger partial charge in [0.05, 0.1) is 0 Å². The summed E-state index contributed by atoms with van der Waals surface area (Å²) in [6.07, 6.45) is 3.32. The molecule has 0 saturated carbocycles. The molecule has 1 fully saturated rings. The highest BCUT2D eigenvalue weighted by Crippen LogP contribution is 2.20. The molecule has 1 aliphatic rings. The van der Waals surface area contributed by atoms with Crippen molar-refractivity contribution in [2.24, 2.45) is 5.92 Å². The molecule has 0 bridgehead atoms. The van der Waals surface area contributed by atoms with Gasteiger partial charge in [-0.2, -0.15) is 0 Å². The van der Waals surface area contributed by atoms with Crippen LogP contribution in [0.5, 0.6) is 0 Å². The monoisotopic (exact) mass is 206 g/mol. The van der Waals surface area contributed by atoms with E-state index in [-0.39, 0.29) is 5.91 Å². The van der Waals surface area contributed by atoms with Gasteiger partial charge in [-0.1, -0.05) is 6.07 Å². The van der Waals surface area contributed by atoms with E-state index in [1.165, 1.54) is 4.90 Å². The molecule has 1 saturated heterocycles. The van der Waals surface area contributed by atoms with E-state index in [4.69, 9.17) is 5.11 Å². The summed E-state index contributed by atoms with van der Waals surface area (Å²) < 4.78 is 0. The first-order valence-electron chi connectivity index (χ1n) is 4.59. The smallest absolute Gasteiger partial charge is 0.317 e. The highest BCUT2D eigenvalue weighted by Gasteiger charge is 2.41. The third-order valence-electron chi connectivity index (χ3n) is 2.41. The standard InChI is InChI=1S/C10H10N2O3/c13-9-8(10(14)15)6-12(9)5-7-2-1-3-11-4-7/h1-4,8H,5-6H2,(H,14,15). The second-order valence-electron chi connectivity index (χ2n) is 3.47. The molecule has 78 valence electrons. The second kappa shape index (κ2) is 3.68. The first-order valence-corrected chi connectivity index (χ1v) is 4.59. The quantitative estimate of drug-likeness (QED) is 0.563. The highest BCUT2D eigenvalue weighted by atomic mass is 16.4. The number of hydrogen-bond donors (Lipinski definition) is 1. The number of nitrogens with zero attached hydrogens (tertiary/aromatic N) is 2. The number of carbonyl (C=O) groups is 2. The molecule has 5 nitrogen and oxygen atoms in total. The summed E-state index contributed by atoms with van der Waals surface area (Å²) in [6.45, 7) is 0.736. The molecule has 1 aliphatic heterocycles. The number of β-lactam (4-membered cyclic amide) rings is 1. The summed E-state index contributed by atoms with van der Waals surface area (Å²) in [4.78, 5) is 27.3. The van der Waals surface area contributed by atoms with Crippen molar-refractivity contribution in [3.8, 4) is 0 Å². The van der Waals surface area contributed by atoms with Gasteiger partial charge in [0.2, 0.25) is 5.91 Å². The number of aromatic nitrogens is 1. The summed E-state index contributed by atoms with van der Waals surface area (Å²) in [5.41, 5.74) is 0.912. The fourth-order valence-corrected chi connectivity index (χ4v) is 1.53. The van der Waals surface area contributed by atoms with Gasteiger partial charge in [0.25, 0.3) is 0 Å². The molecular weight excluding hydrogens is 196 g/mol. The normalized spacial score (nSPS) is 19.9. The molecule has 0 spiro atoms. The summed E-state index contributed by atoms with van der Waals surface area (Å²) in [7, 11) is 0. The first-order chi connectivity index (χ1) is 7.18. The maximum Gasteiger partial charge on any atom is 0.317 e. The number of aliphatic carboxylic acids is 1. The Kier molecular flexibility index (Phi) is 2.37. The number of hydrogen-bond acceptors (Lipinski definition) is 3. The zero-order valence-electron chi connectivity index (χ0n) is 7.96. The number of carboxylic acid groups (broad SMARTS) is 1. The van der Waals surface area contributed by atoms with Gasteiger partial charge >= 0.3 is 5.97 Å². The van der Waals surface area contributed by atoms with Crippen molar-refractivity contribution in [3.05, 3.63) is 30.1 Å². The lowest BCUT2D eigenvalue weighted by Crippen LogP contribution is -2.54. The lowest BCUT2D eigenvalue weighted by atomic mass is 9.98. The minimum atomic E-state index is -1.04. The van der Waals surface area contributed by atoms with Crippen LogP contribution >= 0.6 is 0 Å². The molecule has 0 aromatic carbocycles. The van der Waals surface area contributed by atoms with Gasteiger partial charge in [-0.3, -0.25) is 14.6 Å². The lowest BCUT2D eigenvalue weighted by molar-refractivity contribution is -0.162. The van der Waals surface area contributed by atoms with Crippen molar-refractivity contribution in [1.82, 2.24) is 9.88 Å². The number of carbonyl (C=O) groups excluding carboxylic acids is 1. The summed E-state index contributed by atoms with van der Waals surface area (Å²) in [5, 5.41) is 8.63. The molecule has 2 heterocycles. The van der Waals surface area contributed by atoms with Gasteiger partial charge in [-0.05, 0) is 11.6 Å². The molecular formula is C10H10N2O3. The second-order valence-corrected chi connectivity index (χ2v) is 3.47. The van der Waals surface area contributed by atoms with Crippen molar-refractivity contribution in [2.45, 2.75) is 6.54 Å². The molecule has 5 heteroatoms. The largest absolute Gasteiger partial charge is 0.481 e. The Morgan fingerprint density at radius 1 is 1.67 bits per heavy atom. The Hall–Kier alpha value is -1.91. The molecule has 1 aromatic heterocycles. The molecule has 1 aromatic rings. The molecule has 0 radical (unpaired) electrons. The molecule has 1 unspecified atom stereocenters. The van der Waals surface area contributed by atoms with Crippen molar-refractivity contribution in [2.75, 3.05) is 6.54 Å². The number of carboxylic acids is 1. The average Bonchev–Trinajstić information content (AvgIpc) is 2.24. The summed E-state index contributed by atoms with van der Waals surface area (Å²) >= 11 is 0. The Morgan fingerprint density at radius 2 is 2.47 bits per heavy atom. The zero-order valence-corrected chi connectivity index (χ0v) is 7.96. The van der Waals surface area contributed by atoms with Gasteiger partial charge in [-0.15, -0.1) is 0 Å². The van der Waals surface area contributed by atoms with Crippen LogP contribution in [0.4, 0.5) is 0 Å². The average molecular weight is 206 g/mol. The van der Waals surface area contributed by atoms with E-state index < -0.39 is 11.9 Å². The first kappa shape index (κ1) is 9.64. The van der Waals surface area contributed by atoms with Crippen molar-refractivity contribution in [3.63, 3.8) is 0 Å². The fraction of sp³-hybridized carbons (Fsp3) is 0.300. The Morgan fingerprint density at radius 3 is 3.00 bits per heavy atom. The SMILES string of the molecule is O=C(O)C1CN(Cc2cccnc2)C1=O. The Labute approximate surface area is 86.3 Å². The topological polar surface area (TPSA) is 70.5 Å². The zero-order chi connectivity index (χ0) is 10.8. The van der Waals surface area contributed by atoms with Crippen molar-refractivity contribution < 1.29 is 14.7 Å². The van der Waals surface area contributed by atoms with E-state index >= 15 is 0 Å². The minimum absolute atomic E-state index is 0.295. The van der Waals surface area contributed by atoms with Gasteiger partial charge in [0, 0.05) is 25.5 Å². The van der Waals surface area contributed by atoms with Crippen LogP contribution in [0.25, 0.3) is 0 Å². The van der Waals surface area contributed by atoms with Crippen LogP contribution in [0.1, 0.15) is 5.56 Å². The number of amides is 1. The van der Waals surface area contributed by atoms with E-state index in [1.807, 2.05) is 6.07 Å². The van der Waals surface area contributed by atoms with E-state index in [9.17, 15) is 9.59 Å². The third kappa shape index (κ3) is 1.81.